The molecule has 0 fully saturated rings. The Morgan fingerprint density at radius 1 is 1.22 bits per heavy atom. The molecule has 2 aromatic heterocycles. The van der Waals surface area contributed by atoms with E-state index < -0.39 is 0 Å². The fraction of sp³-hybridized carbons (Fsp3) is 0.176. The van der Waals surface area contributed by atoms with Crippen LogP contribution in [0.4, 0.5) is 11.4 Å². The molecule has 0 radical (unpaired) electrons. The molecule has 0 atom stereocenters. The number of hydrogen-bond donors (Lipinski definition) is 1. The van der Waals surface area contributed by atoms with Crippen molar-refractivity contribution in [2.45, 2.75) is 5.16 Å². The second kappa shape index (κ2) is 6.75. The van der Waals surface area contributed by atoms with E-state index in [0.717, 1.165) is 22.0 Å². The van der Waals surface area contributed by atoms with Gasteiger partial charge in [-0.15, -0.1) is 0 Å². The fourth-order valence-corrected chi connectivity index (χ4v) is 2.96. The van der Waals surface area contributed by atoms with Crippen molar-refractivity contribution in [3.05, 3.63) is 54.9 Å². The van der Waals surface area contributed by atoms with Gasteiger partial charge in [0, 0.05) is 31.7 Å². The molecule has 118 valence electrons. The Morgan fingerprint density at radius 3 is 2.74 bits per heavy atom. The minimum Gasteiger partial charge on any atom is -0.378 e. The maximum Gasteiger partial charge on any atom is 0.234 e. The monoisotopic (exact) mass is 326 g/mol. The zero-order valence-electron chi connectivity index (χ0n) is 13.1. The predicted molar refractivity (Wildman–Crippen MR) is 95.3 cm³/mol. The van der Waals surface area contributed by atoms with Gasteiger partial charge in [0.15, 0.2) is 5.16 Å². The normalized spacial score (nSPS) is 10.7. The molecule has 0 aliphatic carbocycles. The van der Waals surface area contributed by atoms with Gasteiger partial charge in [-0.2, -0.15) is 0 Å². The largest absolute Gasteiger partial charge is 0.378 e. The van der Waals surface area contributed by atoms with Crippen LogP contribution >= 0.6 is 11.8 Å². The molecule has 0 bridgehead atoms. The minimum atomic E-state index is -0.0414. The first-order valence-corrected chi connectivity index (χ1v) is 8.24. The summed E-state index contributed by atoms with van der Waals surface area (Å²) in [4.78, 5) is 18.4. The highest BCUT2D eigenvalue weighted by molar-refractivity contribution is 7.99. The van der Waals surface area contributed by atoms with Gasteiger partial charge in [-0.3, -0.25) is 9.20 Å². The van der Waals surface area contributed by atoms with Crippen LogP contribution in [-0.2, 0) is 4.79 Å². The number of hydrogen-bond acceptors (Lipinski definition) is 4. The number of imidazole rings is 1. The van der Waals surface area contributed by atoms with Crippen LogP contribution < -0.4 is 10.2 Å². The van der Waals surface area contributed by atoms with Crippen molar-refractivity contribution in [3.8, 4) is 0 Å². The topological polar surface area (TPSA) is 49.6 Å². The number of fused-ring (bicyclic) bond motifs is 1. The number of anilines is 2. The number of rotatable bonds is 5. The molecule has 5 nitrogen and oxygen atoms in total. The number of pyridine rings is 1. The van der Waals surface area contributed by atoms with Crippen molar-refractivity contribution in [1.82, 2.24) is 9.38 Å². The van der Waals surface area contributed by atoms with Crippen LogP contribution in [0.3, 0.4) is 0 Å². The molecular weight excluding hydrogens is 308 g/mol. The lowest BCUT2D eigenvalue weighted by Crippen LogP contribution is -2.14. The van der Waals surface area contributed by atoms with Gasteiger partial charge in [-0.05, 0) is 36.4 Å². The fourth-order valence-electron chi connectivity index (χ4n) is 2.20. The highest BCUT2D eigenvalue weighted by atomic mass is 32.2. The van der Waals surface area contributed by atoms with Gasteiger partial charge in [0.2, 0.25) is 5.91 Å². The van der Waals surface area contributed by atoms with Crippen molar-refractivity contribution in [3.63, 3.8) is 0 Å². The number of carbonyl (C=O) groups excluding carboxylic acids is 1. The highest BCUT2D eigenvalue weighted by Crippen LogP contribution is 2.19. The Kier molecular flexibility index (Phi) is 4.52. The first-order chi connectivity index (χ1) is 11.1. The molecule has 6 heteroatoms. The number of nitrogens with zero attached hydrogens (tertiary/aromatic N) is 3. The van der Waals surface area contributed by atoms with E-state index >= 15 is 0 Å². The number of aromatic nitrogens is 2. The number of benzene rings is 1. The zero-order chi connectivity index (χ0) is 16.2. The summed E-state index contributed by atoms with van der Waals surface area (Å²) >= 11 is 1.42. The van der Waals surface area contributed by atoms with Crippen LogP contribution in [0, 0.1) is 0 Å². The zero-order valence-corrected chi connectivity index (χ0v) is 13.9. The lowest BCUT2D eigenvalue weighted by atomic mass is 10.2. The minimum absolute atomic E-state index is 0.0414. The number of nitrogens with one attached hydrogen (secondary N) is 1. The third-order valence-corrected chi connectivity index (χ3v) is 4.37. The third kappa shape index (κ3) is 3.65. The van der Waals surface area contributed by atoms with Crippen LogP contribution in [0.5, 0.6) is 0 Å². The summed E-state index contributed by atoms with van der Waals surface area (Å²) in [5, 5.41) is 3.72. The van der Waals surface area contributed by atoms with E-state index in [0.29, 0.717) is 5.75 Å². The molecular formula is C17H18N4OS. The molecule has 0 aliphatic rings. The van der Waals surface area contributed by atoms with Crippen LogP contribution in [0.1, 0.15) is 0 Å². The lowest BCUT2D eigenvalue weighted by molar-refractivity contribution is -0.113. The average molecular weight is 326 g/mol. The Labute approximate surface area is 139 Å². The second-order valence-electron chi connectivity index (χ2n) is 5.31. The van der Waals surface area contributed by atoms with Gasteiger partial charge >= 0.3 is 0 Å². The summed E-state index contributed by atoms with van der Waals surface area (Å²) in [6.07, 6.45) is 3.75. The summed E-state index contributed by atoms with van der Waals surface area (Å²) in [7, 11) is 3.97. The number of carbonyl (C=O) groups is 1. The predicted octanol–water partition coefficient (Wildman–Crippen LogP) is 3.13. The van der Waals surface area contributed by atoms with E-state index in [-0.39, 0.29) is 5.91 Å². The molecule has 1 aromatic carbocycles. The van der Waals surface area contributed by atoms with E-state index in [1.165, 1.54) is 11.8 Å². The molecule has 1 amide bonds. The lowest BCUT2D eigenvalue weighted by Gasteiger charge is -2.13. The van der Waals surface area contributed by atoms with E-state index in [2.05, 4.69) is 10.3 Å². The van der Waals surface area contributed by atoms with Crippen molar-refractivity contribution in [2.75, 3.05) is 30.1 Å². The highest BCUT2D eigenvalue weighted by Gasteiger charge is 2.08. The Bertz CT molecular complexity index is 811. The summed E-state index contributed by atoms with van der Waals surface area (Å²) in [6, 6.07) is 13.7. The molecule has 3 rings (SSSR count). The van der Waals surface area contributed by atoms with E-state index in [9.17, 15) is 4.79 Å². The Morgan fingerprint density at radius 2 is 2.00 bits per heavy atom. The van der Waals surface area contributed by atoms with Gasteiger partial charge < -0.3 is 10.2 Å². The van der Waals surface area contributed by atoms with Gasteiger partial charge in [0.25, 0.3) is 0 Å². The summed E-state index contributed by atoms with van der Waals surface area (Å²) in [5.41, 5.74) is 2.92. The molecule has 0 spiro atoms. The molecule has 3 aromatic rings. The number of thioether (sulfide) groups is 1. The second-order valence-corrected chi connectivity index (χ2v) is 6.26. The van der Waals surface area contributed by atoms with Crippen molar-refractivity contribution >= 4 is 34.6 Å². The van der Waals surface area contributed by atoms with Crippen LogP contribution in [0.25, 0.3) is 5.52 Å². The van der Waals surface area contributed by atoms with Crippen LogP contribution in [0.2, 0.25) is 0 Å². The standard InChI is InChI=1S/C17H18N4OS/c1-20(2)14-8-6-13(7-9-14)19-16(22)12-23-17-18-11-15-5-3-4-10-21(15)17/h3-11H,12H2,1-2H3,(H,19,22). The van der Waals surface area contributed by atoms with Crippen LogP contribution in [-0.4, -0.2) is 35.1 Å². The van der Waals surface area contributed by atoms with E-state index in [4.69, 9.17) is 0 Å². The number of amides is 1. The quantitative estimate of drug-likeness (QED) is 0.732. The van der Waals surface area contributed by atoms with Crippen LogP contribution in [0.15, 0.2) is 60.0 Å². The van der Waals surface area contributed by atoms with Gasteiger partial charge in [0.1, 0.15) is 0 Å². The molecule has 2 heterocycles. The molecule has 1 N–H and O–H groups in total. The third-order valence-electron chi connectivity index (χ3n) is 3.40. The smallest absolute Gasteiger partial charge is 0.234 e. The molecule has 0 saturated carbocycles. The van der Waals surface area contributed by atoms with Gasteiger partial charge in [-0.1, -0.05) is 17.8 Å². The maximum atomic E-state index is 12.1. The Hall–Kier alpha value is -2.47. The molecule has 23 heavy (non-hydrogen) atoms. The summed E-state index contributed by atoms with van der Waals surface area (Å²) in [6.45, 7) is 0. The summed E-state index contributed by atoms with van der Waals surface area (Å²) < 4.78 is 1.98. The van der Waals surface area contributed by atoms with E-state index in [1.807, 2.05) is 72.1 Å². The maximum absolute atomic E-state index is 12.1. The Balaban J connectivity index is 1.59. The van der Waals surface area contributed by atoms with Crippen molar-refractivity contribution in [1.29, 1.82) is 0 Å². The molecule has 0 saturated heterocycles. The van der Waals surface area contributed by atoms with Crippen molar-refractivity contribution in [2.24, 2.45) is 0 Å². The van der Waals surface area contributed by atoms with Gasteiger partial charge in [0.05, 0.1) is 17.5 Å². The SMILES string of the molecule is CN(C)c1ccc(NC(=O)CSc2ncc3ccccn23)cc1. The molecule has 0 aliphatic heterocycles. The first-order valence-electron chi connectivity index (χ1n) is 7.25. The van der Waals surface area contributed by atoms with E-state index in [1.54, 1.807) is 6.20 Å². The summed E-state index contributed by atoms with van der Waals surface area (Å²) in [5.74, 6) is 0.281. The first kappa shape index (κ1) is 15.4. The average Bonchev–Trinajstić information content (AvgIpc) is 2.97. The van der Waals surface area contributed by atoms with Gasteiger partial charge in [-0.25, -0.2) is 4.98 Å². The van der Waals surface area contributed by atoms with Crippen molar-refractivity contribution < 1.29 is 4.79 Å². The molecule has 0 unspecified atom stereocenters.